The Bertz CT molecular complexity index is 936. The van der Waals surface area contributed by atoms with Crippen LogP contribution in [0.4, 0.5) is 0 Å². The molecule has 0 atom stereocenters. The molecule has 2 aromatic carbocycles. The standard InChI is InChI=1S/C20H19ClN4OS/c1-3-12-22-18(26)13-27-20-24-23-19(15-6-4-14(2)5-7-15)25(20)17-10-8-16(21)9-11-17/h3-11H,1,12-13H2,2H3,(H,22,26). The highest BCUT2D eigenvalue weighted by atomic mass is 35.5. The summed E-state index contributed by atoms with van der Waals surface area (Å²) in [6.45, 7) is 6.08. The van der Waals surface area contributed by atoms with Crippen LogP contribution in [-0.2, 0) is 4.79 Å². The molecular formula is C20H19ClN4OS. The third-order valence-corrected chi connectivity index (χ3v) is 4.98. The molecule has 5 nitrogen and oxygen atoms in total. The highest BCUT2D eigenvalue weighted by molar-refractivity contribution is 7.99. The topological polar surface area (TPSA) is 59.8 Å². The van der Waals surface area contributed by atoms with Crippen LogP contribution in [0.3, 0.4) is 0 Å². The van der Waals surface area contributed by atoms with Crippen molar-refractivity contribution in [2.24, 2.45) is 0 Å². The Balaban J connectivity index is 1.95. The van der Waals surface area contributed by atoms with Gasteiger partial charge in [-0.2, -0.15) is 0 Å². The number of benzene rings is 2. The van der Waals surface area contributed by atoms with E-state index in [0.717, 1.165) is 11.3 Å². The number of hydrogen-bond donors (Lipinski definition) is 1. The van der Waals surface area contributed by atoms with E-state index in [1.165, 1.54) is 17.3 Å². The molecule has 3 aromatic rings. The third-order valence-electron chi connectivity index (χ3n) is 3.80. The summed E-state index contributed by atoms with van der Waals surface area (Å²) in [6, 6.07) is 15.5. The minimum absolute atomic E-state index is 0.0811. The monoisotopic (exact) mass is 398 g/mol. The van der Waals surface area contributed by atoms with Crippen molar-refractivity contribution in [1.82, 2.24) is 20.1 Å². The fraction of sp³-hybridized carbons (Fsp3) is 0.150. The zero-order valence-electron chi connectivity index (χ0n) is 14.9. The van der Waals surface area contributed by atoms with E-state index in [-0.39, 0.29) is 11.7 Å². The van der Waals surface area contributed by atoms with E-state index in [4.69, 9.17) is 11.6 Å². The number of amides is 1. The lowest BCUT2D eigenvalue weighted by Crippen LogP contribution is -2.25. The number of halogens is 1. The van der Waals surface area contributed by atoms with Crippen molar-refractivity contribution in [2.45, 2.75) is 12.1 Å². The first-order chi connectivity index (χ1) is 13.1. The van der Waals surface area contributed by atoms with Gasteiger partial charge in [0.05, 0.1) is 5.75 Å². The Morgan fingerprint density at radius 3 is 2.56 bits per heavy atom. The van der Waals surface area contributed by atoms with Gasteiger partial charge in [0, 0.05) is 22.8 Å². The molecule has 1 heterocycles. The first kappa shape index (κ1) is 19.2. The van der Waals surface area contributed by atoms with Crippen LogP contribution in [0.1, 0.15) is 5.56 Å². The Labute approximate surface area is 167 Å². The van der Waals surface area contributed by atoms with Gasteiger partial charge in [0.25, 0.3) is 0 Å². The van der Waals surface area contributed by atoms with Crippen LogP contribution in [0.5, 0.6) is 0 Å². The molecule has 0 saturated carbocycles. The maximum absolute atomic E-state index is 11.9. The van der Waals surface area contributed by atoms with Gasteiger partial charge in [0.2, 0.25) is 5.91 Å². The van der Waals surface area contributed by atoms with Gasteiger partial charge in [-0.15, -0.1) is 16.8 Å². The molecule has 1 amide bonds. The summed E-state index contributed by atoms with van der Waals surface area (Å²) in [4.78, 5) is 11.9. The van der Waals surface area contributed by atoms with Gasteiger partial charge in [0.1, 0.15) is 0 Å². The van der Waals surface area contributed by atoms with Crippen molar-refractivity contribution in [3.8, 4) is 17.1 Å². The van der Waals surface area contributed by atoms with Gasteiger partial charge < -0.3 is 5.32 Å². The largest absolute Gasteiger partial charge is 0.352 e. The zero-order valence-corrected chi connectivity index (χ0v) is 16.4. The van der Waals surface area contributed by atoms with Crippen LogP contribution in [0, 0.1) is 6.92 Å². The van der Waals surface area contributed by atoms with E-state index in [0.29, 0.717) is 22.5 Å². The van der Waals surface area contributed by atoms with Gasteiger partial charge in [0.15, 0.2) is 11.0 Å². The lowest BCUT2D eigenvalue weighted by Gasteiger charge is -2.11. The van der Waals surface area contributed by atoms with Crippen LogP contribution in [0.2, 0.25) is 5.02 Å². The maximum Gasteiger partial charge on any atom is 0.230 e. The first-order valence-corrected chi connectivity index (χ1v) is 9.73. The number of carbonyl (C=O) groups excluding carboxylic acids is 1. The molecule has 1 N–H and O–H groups in total. The fourth-order valence-corrected chi connectivity index (χ4v) is 3.35. The SMILES string of the molecule is C=CCNC(=O)CSc1nnc(-c2ccc(C)cc2)n1-c1ccc(Cl)cc1. The van der Waals surface area contributed by atoms with Gasteiger partial charge in [-0.05, 0) is 31.2 Å². The van der Waals surface area contributed by atoms with Crippen molar-refractivity contribution in [1.29, 1.82) is 0 Å². The number of nitrogens with one attached hydrogen (secondary N) is 1. The molecule has 0 aliphatic heterocycles. The highest BCUT2D eigenvalue weighted by Gasteiger charge is 2.17. The van der Waals surface area contributed by atoms with Gasteiger partial charge >= 0.3 is 0 Å². The molecular weight excluding hydrogens is 380 g/mol. The molecule has 0 spiro atoms. The third kappa shape index (κ3) is 4.78. The van der Waals surface area contributed by atoms with Gasteiger partial charge in [-0.1, -0.05) is 59.3 Å². The van der Waals surface area contributed by atoms with Crippen molar-refractivity contribution < 1.29 is 4.79 Å². The minimum atomic E-state index is -0.0811. The minimum Gasteiger partial charge on any atom is -0.352 e. The van der Waals surface area contributed by atoms with Crippen molar-refractivity contribution >= 4 is 29.3 Å². The second-order valence-corrected chi connectivity index (χ2v) is 7.24. The van der Waals surface area contributed by atoms with E-state index in [9.17, 15) is 4.79 Å². The summed E-state index contributed by atoms with van der Waals surface area (Å²) >= 11 is 7.36. The number of nitrogens with zero attached hydrogens (tertiary/aromatic N) is 3. The molecule has 3 rings (SSSR count). The molecule has 27 heavy (non-hydrogen) atoms. The average molecular weight is 399 g/mol. The Hall–Kier alpha value is -2.57. The fourth-order valence-electron chi connectivity index (χ4n) is 2.44. The molecule has 7 heteroatoms. The average Bonchev–Trinajstić information content (AvgIpc) is 3.10. The van der Waals surface area contributed by atoms with E-state index in [2.05, 4.69) is 22.1 Å². The molecule has 0 unspecified atom stereocenters. The Morgan fingerprint density at radius 1 is 1.19 bits per heavy atom. The van der Waals surface area contributed by atoms with Crippen molar-refractivity contribution in [3.05, 3.63) is 71.8 Å². The molecule has 0 aliphatic carbocycles. The van der Waals surface area contributed by atoms with Crippen LogP contribution >= 0.6 is 23.4 Å². The van der Waals surface area contributed by atoms with Crippen molar-refractivity contribution in [3.63, 3.8) is 0 Å². The molecule has 1 aromatic heterocycles. The van der Waals surface area contributed by atoms with E-state index < -0.39 is 0 Å². The molecule has 0 saturated heterocycles. The Morgan fingerprint density at radius 2 is 1.89 bits per heavy atom. The number of rotatable bonds is 7. The molecule has 0 bridgehead atoms. The maximum atomic E-state index is 11.9. The number of hydrogen-bond acceptors (Lipinski definition) is 4. The number of aromatic nitrogens is 3. The normalized spacial score (nSPS) is 10.6. The summed E-state index contributed by atoms with van der Waals surface area (Å²) in [5, 5.41) is 12.7. The first-order valence-electron chi connectivity index (χ1n) is 8.37. The molecule has 0 aliphatic rings. The number of carbonyl (C=O) groups is 1. The summed E-state index contributed by atoms with van der Waals surface area (Å²) in [5.41, 5.74) is 3.00. The van der Waals surface area contributed by atoms with Crippen LogP contribution in [-0.4, -0.2) is 33.0 Å². The number of aryl methyl sites for hydroxylation is 1. The predicted octanol–water partition coefficient (Wildman–Crippen LogP) is 4.29. The van der Waals surface area contributed by atoms with E-state index >= 15 is 0 Å². The van der Waals surface area contributed by atoms with E-state index in [1.54, 1.807) is 6.08 Å². The van der Waals surface area contributed by atoms with Crippen LogP contribution in [0.15, 0.2) is 66.3 Å². The second kappa shape index (κ2) is 8.88. The summed E-state index contributed by atoms with van der Waals surface area (Å²) in [5.74, 6) is 0.877. The summed E-state index contributed by atoms with van der Waals surface area (Å²) < 4.78 is 1.94. The number of thioether (sulfide) groups is 1. The molecule has 0 fully saturated rings. The summed E-state index contributed by atoms with van der Waals surface area (Å²) in [7, 11) is 0. The smallest absolute Gasteiger partial charge is 0.230 e. The van der Waals surface area contributed by atoms with Gasteiger partial charge in [-0.25, -0.2) is 0 Å². The Kier molecular flexibility index (Phi) is 6.32. The molecule has 138 valence electrons. The highest BCUT2D eigenvalue weighted by Crippen LogP contribution is 2.28. The second-order valence-electron chi connectivity index (χ2n) is 5.87. The predicted molar refractivity (Wildman–Crippen MR) is 110 cm³/mol. The lowest BCUT2D eigenvalue weighted by molar-refractivity contribution is -0.118. The van der Waals surface area contributed by atoms with Gasteiger partial charge in [-0.3, -0.25) is 9.36 Å². The summed E-state index contributed by atoms with van der Waals surface area (Å²) in [6.07, 6.45) is 1.65. The lowest BCUT2D eigenvalue weighted by atomic mass is 10.1. The van der Waals surface area contributed by atoms with Crippen LogP contribution in [0.25, 0.3) is 17.1 Å². The zero-order chi connectivity index (χ0) is 19.2. The molecule has 0 radical (unpaired) electrons. The van der Waals surface area contributed by atoms with Crippen LogP contribution < -0.4 is 5.32 Å². The quantitative estimate of drug-likeness (QED) is 0.476. The van der Waals surface area contributed by atoms with Crippen molar-refractivity contribution in [2.75, 3.05) is 12.3 Å². The van der Waals surface area contributed by atoms with E-state index in [1.807, 2.05) is 60.0 Å².